The molecule has 0 bridgehead atoms. The molecule has 0 saturated heterocycles. The van der Waals surface area contributed by atoms with Gasteiger partial charge in [0.15, 0.2) is 5.69 Å². The fraction of sp³-hybridized carbons (Fsp3) is 0.214. The maximum absolute atomic E-state index is 12.0. The van der Waals surface area contributed by atoms with Gasteiger partial charge in [-0.3, -0.25) is 4.79 Å². The Kier molecular flexibility index (Phi) is 4.53. The maximum atomic E-state index is 12.0. The summed E-state index contributed by atoms with van der Waals surface area (Å²) in [6.07, 6.45) is 0. The van der Waals surface area contributed by atoms with E-state index >= 15 is 0 Å². The van der Waals surface area contributed by atoms with Gasteiger partial charge in [-0.15, -0.1) is 10.2 Å². The van der Waals surface area contributed by atoms with E-state index in [2.05, 4.69) is 15.5 Å². The summed E-state index contributed by atoms with van der Waals surface area (Å²) in [6, 6.07) is 10.3. The van der Waals surface area contributed by atoms with Gasteiger partial charge < -0.3 is 10.1 Å². The second kappa shape index (κ2) is 6.34. The van der Waals surface area contributed by atoms with Crippen molar-refractivity contribution in [2.75, 3.05) is 7.11 Å². The molecule has 2 rings (SSSR count). The van der Waals surface area contributed by atoms with Crippen LogP contribution in [-0.4, -0.2) is 23.2 Å². The van der Waals surface area contributed by atoms with Crippen LogP contribution < -0.4 is 10.1 Å². The summed E-state index contributed by atoms with van der Waals surface area (Å²) in [5.41, 5.74) is 1.16. The van der Waals surface area contributed by atoms with Crippen LogP contribution in [0.3, 0.4) is 0 Å². The molecule has 0 saturated carbocycles. The number of methoxy groups -OCH3 is 1. The van der Waals surface area contributed by atoms with E-state index in [9.17, 15) is 4.79 Å². The average Bonchev–Trinajstić information content (AvgIpc) is 2.47. The quantitative estimate of drug-likeness (QED) is 0.940. The Bertz CT molecular complexity index is 602. The number of carbonyl (C=O) groups excluding carboxylic acids is 1. The Labute approximate surface area is 121 Å². The largest absolute Gasteiger partial charge is 0.480 e. The molecule has 1 aromatic carbocycles. The molecule has 2 aromatic rings. The molecule has 1 amide bonds. The van der Waals surface area contributed by atoms with Crippen LogP contribution in [0.15, 0.2) is 36.4 Å². The Morgan fingerprint density at radius 1 is 1.30 bits per heavy atom. The van der Waals surface area contributed by atoms with Crippen LogP contribution in [0.25, 0.3) is 0 Å². The Morgan fingerprint density at radius 2 is 2.10 bits per heavy atom. The van der Waals surface area contributed by atoms with Crippen LogP contribution in [0.1, 0.15) is 29.0 Å². The minimum atomic E-state index is -0.298. The van der Waals surface area contributed by atoms with Crippen LogP contribution >= 0.6 is 11.6 Å². The fourth-order valence-corrected chi connectivity index (χ4v) is 1.88. The SMILES string of the molecule is COc1ccc(C(=O)NC(C)c2cccc(Cl)c2)nn1. The molecule has 0 aliphatic carbocycles. The van der Waals surface area contributed by atoms with Crippen LogP contribution in [0, 0.1) is 0 Å². The highest BCUT2D eigenvalue weighted by molar-refractivity contribution is 6.30. The van der Waals surface area contributed by atoms with Crippen molar-refractivity contribution in [3.8, 4) is 5.88 Å². The molecular weight excluding hydrogens is 278 g/mol. The van der Waals surface area contributed by atoms with E-state index < -0.39 is 0 Å². The lowest BCUT2D eigenvalue weighted by molar-refractivity contribution is 0.0933. The van der Waals surface area contributed by atoms with Crippen LogP contribution in [-0.2, 0) is 0 Å². The lowest BCUT2D eigenvalue weighted by Crippen LogP contribution is -2.27. The number of aromatic nitrogens is 2. The lowest BCUT2D eigenvalue weighted by Gasteiger charge is -2.14. The minimum Gasteiger partial charge on any atom is -0.480 e. The number of hydrogen-bond donors (Lipinski definition) is 1. The zero-order valence-electron chi connectivity index (χ0n) is 11.1. The van der Waals surface area contributed by atoms with E-state index in [1.165, 1.54) is 7.11 Å². The van der Waals surface area contributed by atoms with Crippen molar-refractivity contribution < 1.29 is 9.53 Å². The number of nitrogens with one attached hydrogen (secondary N) is 1. The van der Waals surface area contributed by atoms with Crippen LogP contribution in [0.2, 0.25) is 5.02 Å². The number of carbonyl (C=O) groups is 1. The van der Waals surface area contributed by atoms with Crippen molar-refractivity contribution >= 4 is 17.5 Å². The second-order valence-corrected chi connectivity index (χ2v) is 4.65. The molecule has 5 nitrogen and oxygen atoms in total. The number of amides is 1. The Hall–Kier alpha value is -2.14. The molecular formula is C14H14ClN3O2. The first-order chi connectivity index (χ1) is 9.60. The third-order valence-electron chi connectivity index (χ3n) is 2.78. The topological polar surface area (TPSA) is 64.1 Å². The van der Waals surface area contributed by atoms with Gasteiger partial charge in [-0.2, -0.15) is 0 Å². The van der Waals surface area contributed by atoms with Gasteiger partial charge in [0.2, 0.25) is 5.88 Å². The van der Waals surface area contributed by atoms with Crippen LogP contribution in [0.5, 0.6) is 5.88 Å². The van der Waals surface area contributed by atoms with Crippen molar-refractivity contribution in [3.05, 3.63) is 52.7 Å². The Morgan fingerprint density at radius 3 is 2.70 bits per heavy atom. The molecule has 0 fully saturated rings. The summed E-state index contributed by atoms with van der Waals surface area (Å²) in [6.45, 7) is 1.88. The number of halogens is 1. The van der Waals surface area contributed by atoms with Crippen molar-refractivity contribution in [2.24, 2.45) is 0 Å². The third kappa shape index (κ3) is 3.45. The molecule has 1 heterocycles. The Balaban J connectivity index is 2.06. The predicted molar refractivity (Wildman–Crippen MR) is 75.9 cm³/mol. The van der Waals surface area contributed by atoms with Gasteiger partial charge in [0.05, 0.1) is 13.2 Å². The summed E-state index contributed by atoms with van der Waals surface area (Å²) in [5.74, 6) is 0.0667. The fourth-order valence-electron chi connectivity index (χ4n) is 1.68. The molecule has 0 spiro atoms. The zero-order chi connectivity index (χ0) is 14.5. The monoisotopic (exact) mass is 291 g/mol. The summed E-state index contributed by atoms with van der Waals surface area (Å²) >= 11 is 5.93. The number of benzene rings is 1. The third-order valence-corrected chi connectivity index (χ3v) is 3.01. The van der Waals surface area contributed by atoms with E-state index in [-0.39, 0.29) is 17.6 Å². The summed E-state index contributed by atoms with van der Waals surface area (Å²) in [7, 11) is 1.49. The van der Waals surface area contributed by atoms with Gasteiger partial charge in [0, 0.05) is 11.1 Å². The number of ether oxygens (including phenoxy) is 1. The van der Waals surface area contributed by atoms with Gasteiger partial charge in [-0.25, -0.2) is 0 Å². The van der Waals surface area contributed by atoms with Crippen molar-refractivity contribution in [1.29, 1.82) is 0 Å². The summed E-state index contributed by atoms with van der Waals surface area (Å²) < 4.78 is 4.89. The molecule has 104 valence electrons. The first kappa shape index (κ1) is 14.3. The van der Waals surface area contributed by atoms with Crippen molar-refractivity contribution in [1.82, 2.24) is 15.5 Å². The van der Waals surface area contributed by atoms with Gasteiger partial charge in [0.25, 0.3) is 5.91 Å². The summed E-state index contributed by atoms with van der Waals surface area (Å²) in [4.78, 5) is 12.0. The average molecular weight is 292 g/mol. The maximum Gasteiger partial charge on any atom is 0.272 e. The molecule has 6 heteroatoms. The highest BCUT2D eigenvalue weighted by Gasteiger charge is 2.13. The highest BCUT2D eigenvalue weighted by Crippen LogP contribution is 2.17. The molecule has 20 heavy (non-hydrogen) atoms. The van der Waals surface area contributed by atoms with Gasteiger partial charge in [-0.1, -0.05) is 23.7 Å². The molecule has 0 aliphatic rings. The normalized spacial score (nSPS) is 11.8. The van der Waals surface area contributed by atoms with E-state index in [1.54, 1.807) is 18.2 Å². The van der Waals surface area contributed by atoms with Crippen molar-refractivity contribution in [2.45, 2.75) is 13.0 Å². The number of nitrogens with zero attached hydrogens (tertiary/aromatic N) is 2. The standard InChI is InChI=1S/C14H14ClN3O2/c1-9(10-4-3-5-11(15)8-10)16-14(19)12-6-7-13(20-2)18-17-12/h3-9H,1-2H3,(H,16,19). The molecule has 1 atom stereocenters. The van der Waals surface area contributed by atoms with E-state index in [1.807, 2.05) is 25.1 Å². The predicted octanol–water partition coefficient (Wildman–Crippen LogP) is 2.63. The highest BCUT2D eigenvalue weighted by atomic mass is 35.5. The van der Waals surface area contributed by atoms with Crippen molar-refractivity contribution in [3.63, 3.8) is 0 Å². The number of rotatable bonds is 4. The van der Waals surface area contributed by atoms with E-state index in [4.69, 9.17) is 16.3 Å². The minimum absolute atomic E-state index is 0.176. The first-order valence-corrected chi connectivity index (χ1v) is 6.42. The molecule has 0 radical (unpaired) electrons. The second-order valence-electron chi connectivity index (χ2n) is 4.21. The smallest absolute Gasteiger partial charge is 0.272 e. The molecule has 1 unspecified atom stereocenters. The van der Waals surface area contributed by atoms with Gasteiger partial charge >= 0.3 is 0 Å². The molecule has 1 N–H and O–H groups in total. The number of hydrogen-bond acceptors (Lipinski definition) is 4. The van der Waals surface area contributed by atoms with E-state index in [0.717, 1.165) is 5.56 Å². The summed E-state index contributed by atoms with van der Waals surface area (Å²) in [5, 5.41) is 11.0. The zero-order valence-corrected chi connectivity index (χ0v) is 11.9. The molecule has 1 aromatic heterocycles. The first-order valence-electron chi connectivity index (χ1n) is 6.04. The molecule has 0 aliphatic heterocycles. The van der Waals surface area contributed by atoms with Crippen LogP contribution in [0.4, 0.5) is 0 Å². The lowest BCUT2D eigenvalue weighted by atomic mass is 10.1. The van der Waals surface area contributed by atoms with Gasteiger partial charge in [0.1, 0.15) is 0 Å². The van der Waals surface area contributed by atoms with Gasteiger partial charge in [-0.05, 0) is 30.7 Å². The van der Waals surface area contributed by atoms with E-state index in [0.29, 0.717) is 10.9 Å².